The maximum Gasteiger partial charge on any atom is 0.340 e. The number of allylic oxidation sites excluding steroid dienone is 2. The van der Waals surface area contributed by atoms with E-state index in [1.807, 2.05) is 6.92 Å². The summed E-state index contributed by atoms with van der Waals surface area (Å²) >= 11 is 0. The Balaban J connectivity index is 1.37. The molecule has 0 saturated carbocycles. The number of carboxylic acid groups (broad SMARTS) is 1. The second-order valence-corrected chi connectivity index (χ2v) is 13.1. The van der Waals surface area contributed by atoms with Gasteiger partial charge in [-0.25, -0.2) is 9.59 Å². The maximum atomic E-state index is 13.5. The number of rotatable bonds is 9. The number of aromatic hydroxyl groups is 3. The van der Waals surface area contributed by atoms with Crippen LogP contribution in [0.4, 0.5) is 0 Å². The monoisotopic (exact) mass is 774 g/mol. The van der Waals surface area contributed by atoms with E-state index in [-0.39, 0.29) is 40.0 Å². The molecule has 296 valence electrons. The number of fused-ring (bicyclic) bond motifs is 1. The van der Waals surface area contributed by atoms with Crippen LogP contribution >= 0.6 is 0 Å². The van der Waals surface area contributed by atoms with E-state index >= 15 is 0 Å². The third kappa shape index (κ3) is 7.54. The van der Waals surface area contributed by atoms with Crippen LogP contribution in [0.2, 0.25) is 0 Å². The van der Waals surface area contributed by atoms with Crippen LogP contribution in [0, 0.1) is 0 Å². The van der Waals surface area contributed by atoms with Gasteiger partial charge in [-0.3, -0.25) is 4.79 Å². The lowest BCUT2D eigenvalue weighted by Crippen LogP contribution is -2.63. The first kappa shape index (κ1) is 39.4. The van der Waals surface area contributed by atoms with E-state index in [2.05, 4.69) is 5.32 Å². The Morgan fingerprint density at radius 3 is 2.16 bits per heavy atom. The highest BCUT2D eigenvalue weighted by Gasteiger charge is 2.52. The number of hydrogen-bond donors (Lipinski definition) is 12. The Morgan fingerprint density at radius 2 is 1.51 bits per heavy atom. The van der Waals surface area contributed by atoms with Crippen molar-refractivity contribution < 1.29 is 84.0 Å². The van der Waals surface area contributed by atoms with Gasteiger partial charge in [-0.1, -0.05) is 13.0 Å². The number of hydrogen-bond acceptors (Lipinski definition) is 19. The van der Waals surface area contributed by atoms with Crippen molar-refractivity contribution in [2.24, 2.45) is 5.73 Å². The molecule has 2 saturated heterocycles. The number of nitrogens with two attached hydrogens (primary N) is 1. The zero-order chi connectivity index (χ0) is 40.0. The number of dihydropyridines is 1. The summed E-state index contributed by atoms with van der Waals surface area (Å²) in [4.78, 5) is 38.2. The minimum Gasteiger partial charge on any atom is -0.507 e. The quantitative estimate of drug-likeness (QED) is 0.0814. The van der Waals surface area contributed by atoms with E-state index in [4.69, 9.17) is 29.1 Å². The number of carbonyl (C=O) groups is 2. The number of phenolic OH excluding ortho intramolecular Hbond substituents is 3. The lowest BCUT2D eigenvalue weighted by Gasteiger charge is -2.41. The average Bonchev–Trinajstić information content (AvgIpc) is 3.14. The van der Waals surface area contributed by atoms with Crippen LogP contribution in [-0.4, -0.2) is 131 Å². The fourth-order valence-corrected chi connectivity index (χ4v) is 6.31. The third-order valence-corrected chi connectivity index (χ3v) is 9.42. The van der Waals surface area contributed by atoms with Crippen molar-refractivity contribution in [1.82, 2.24) is 5.32 Å². The lowest BCUT2D eigenvalue weighted by molar-refractivity contribution is -0.302. The highest BCUT2D eigenvalue weighted by Crippen LogP contribution is 2.40. The molecule has 2 aromatic carbocycles. The maximum absolute atomic E-state index is 13.5. The first-order chi connectivity index (χ1) is 26.0. The Bertz CT molecular complexity index is 2100. The molecule has 0 aliphatic carbocycles. The van der Waals surface area contributed by atoms with E-state index in [0.717, 1.165) is 29.8 Å². The van der Waals surface area contributed by atoms with Gasteiger partial charge in [0.15, 0.2) is 29.1 Å². The van der Waals surface area contributed by atoms with Crippen LogP contribution in [0.3, 0.4) is 0 Å². The summed E-state index contributed by atoms with van der Waals surface area (Å²) < 4.78 is 27.3. The minimum atomic E-state index is -2.22. The van der Waals surface area contributed by atoms with Gasteiger partial charge < -0.3 is 85.5 Å². The third-order valence-electron chi connectivity index (χ3n) is 9.42. The van der Waals surface area contributed by atoms with Crippen LogP contribution in [0.5, 0.6) is 23.0 Å². The zero-order valence-corrected chi connectivity index (χ0v) is 28.6. The summed E-state index contributed by atoms with van der Waals surface area (Å²) in [5.74, 6) is -5.40. The zero-order valence-electron chi connectivity index (χ0n) is 28.6. The molecular weight excluding hydrogens is 736 g/mol. The second-order valence-electron chi connectivity index (χ2n) is 13.1. The molecule has 0 bridgehead atoms. The van der Waals surface area contributed by atoms with E-state index in [1.54, 1.807) is 12.3 Å². The number of aliphatic hydroxyl groups excluding tert-OH is 6. The van der Waals surface area contributed by atoms with Gasteiger partial charge in [0.2, 0.25) is 12.6 Å². The smallest absolute Gasteiger partial charge is 0.340 e. The molecule has 6 rings (SSSR count). The number of aliphatic hydroxyl groups is 6. The fourth-order valence-electron chi connectivity index (χ4n) is 6.31. The summed E-state index contributed by atoms with van der Waals surface area (Å²) in [5, 5.41) is 106. The van der Waals surface area contributed by atoms with Gasteiger partial charge in [0.1, 0.15) is 64.9 Å². The van der Waals surface area contributed by atoms with Gasteiger partial charge in [0.05, 0.1) is 6.17 Å². The molecule has 1 aromatic heterocycles. The van der Waals surface area contributed by atoms with Crippen LogP contribution in [0.15, 0.2) is 63.0 Å². The van der Waals surface area contributed by atoms with E-state index in [9.17, 15) is 65.4 Å². The summed E-state index contributed by atoms with van der Waals surface area (Å²) in [5.41, 5.74) is 6.48. The minimum absolute atomic E-state index is 0.0772. The van der Waals surface area contributed by atoms with Crippen molar-refractivity contribution in [1.29, 1.82) is 0 Å². The molecule has 20 heteroatoms. The number of carbonyl (C=O) groups excluding carboxylic acids is 1. The SMILES string of the molecule is CCC1=CC(Cc2c(O[C@H]3O[C@H](C(=O)O[C@H]4O[C@H](C(=O)O)[C@@H](O)[C@H](O)[C@H]4O)[C@@H](O)[C@H](O)[C@H]3O)cc3oc(-c4ccc(O)c(O)c4)cc(=O)c3c2O)=CNC1N. The van der Waals surface area contributed by atoms with E-state index in [1.165, 1.54) is 6.07 Å². The molecule has 13 N–H and O–H groups in total. The number of ether oxygens (including phenoxy) is 4. The van der Waals surface area contributed by atoms with Crippen molar-refractivity contribution in [3.63, 3.8) is 0 Å². The van der Waals surface area contributed by atoms with Crippen molar-refractivity contribution in [3.05, 3.63) is 69.5 Å². The summed E-state index contributed by atoms with van der Waals surface area (Å²) in [6.07, 6.45) is -18.4. The molecule has 20 nitrogen and oxygen atoms in total. The lowest BCUT2D eigenvalue weighted by atomic mass is 9.96. The molecular formula is C35H38N2O18. The predicted octanol–water partition coefficient (Wildman–Crippen LogP) is -2.15. The number of benzene rings is 2. The molecule has 0 spiro atoms. The second kappa shape index (κ2) is 15.5. The Morgan fingerprint density at radius 1 is 0.855 bits per heavy atom. The highest BCUT2D eigenvalue weighted by molar-refractivity contribution is 5.88. The predicted molar refractivity (Wildman–Crippen MR) is 182 cm³/mol. The molecule has 4 heterocycles. The molecule has 11 atom stereocenters. The molecule has 55 heavy (non-hydrogen) atoms. The molecule has 1 unspecified atom stereocenters. The average molecular weight is 775 g/mol. The van der Waals surface area contributed by atoms with E-state index < -0.39 is 102 Å². The molecule has 2 fully saturated rings. The van der Waals surface area contributed by atoms with E-state index in [0.29, 0.717) is 12.0 Å². The highest BCUT2D eigenvalue weighted by atomic mass is 16.7. The molecule has 3 aromatic rings. The van der Waals surface area contributed by atoms with Crippen molar-refractivity contribution in [2.45, 2.75) is 87.3 Å². The van der Waals surface area contributed by atoms with Crippen LogP contribution in [-0.2, 0) is 30.2 Å². The summed E-state index contributed by atoms with van der Waals surface area (Å²) in [6, 6.07) is 5.81. The van der Waals surface area contributed by atoms with Gasteiger partial charge >= 0.3 is 11.9 Å². The van der Waals surface area contributed by atoms with Crippen LogP contribution < -0.4 is 21.2 Å². The topological polar surface area (TPSA) is 342 Å². The van der Waals surface area contributed by atoms with Gasteiger partial charge in [-0.2, -0.15) is 0 Å². The first-order valence-corrected chi connectivity index (χ1v) is 16.8. The normalized spacial score (nSPS) is 30.9. The number of carboxylic acids is 1. The number of nitrogens with one attached hydrogen (secondary N) is 1. The summed E-state index contributed by atoms with van der Waals surface area (Å²) in [7, 11) is 0. The standard InChI is InChI=1S/C35H38N2O18/c1-2-12-5-11(10-37-31(12)36)6-14-19(9-20-21(22(14)41)17(40)8-18(51-20)13-3-4-15(38)16(39)7-13)52-34-27(46)24(43)26(45)30(54-34)33(50)55-35-28(47)23(42)25(44)29(53-35)32(48)49/h3-5,7-10,23-31,34-35,37-39,41-47H,2,6,36H2,1H3,(H,48,49)/t23-,24-,25-,26-,27+,28+,29-,30-,31?,34-,35+/m0/s1. The van der Waals surface area contributed by atoms with Crippen molar-refractivity contribution >= 4 is 22.9 Å². The Kier molecular flexibility index (Phi) is 11.1. The van der Waals surface area contributed by atoms with Gasteiger partial charge in [-0.15, -0.1) is 0 Å². The number of phenols is 3. The molecule has 0 amide bonds. The molecule has 3 aliphatic heterocycles. The Hall–Kier alpha value is -5.29. The van der Waals surface area contributed by atoms with Crippen LogP contribution in [0.25, 0.3) is 22.3 Å². The first-order valence-electron chi connectivity index (χ1n) is 16.8. The Labute approximate surface area is 309 Å². The number of aliphatic carboxylic acids is 1. The van der Waals surface area contributed by atoms with Gasteiger partial charge in [0.25, 0.3) is 0 Å². The largest absolute Gasteiger partial charge is 0.507 e. The fraction of sp³-hybridized carbons (Fsp3) is 0.400. The van der Waals surface area contributed by atoms with Crippen molar-refractivity contribution in [3.8, 4) is 34.3 Å². The van der Waals surface area contributed by atoms with Gasteiger partial charge in [0, 0.05) is 35.9 Å². The van der Waals surface area contributed by atoms with Gasteiger partial charge in [-0.05, 0) is 35.8 Å². The molecule has 3 aliphatic rings. The molecule has 0 radical (unpaired) electrons. The number of esters is 1. The summed E-state index contributed by atoms with van der Waals surface area (Å²) in [6.45, 7) is 1.87. The van der Waals surface area contributed by atoms with Crippen LogP contribution in [0.1, 0.15) is 18.9 Å². The van der Waals surface area contributed by atoms with Crippen molar-refractivity contribution in [2.75, 3.05) is 0 Å².